The lowest BCUT2D eigenvalue weighted by atomic mass is 10.1. The van der Waals surface area contributed by atoms with Crippen molar-refractivity contribution in [1.29, 1.82) is 0 Å². The third kappa shape index (κ3) is 5.44. The number of aliphatic hydroxyl groups is 1. The van der Waals surface area contributed by atoms with Crippen molar-refractivity contribution in [2.24, 2.45) is 5.92 Å². The maximum absolute atomic E-state index is 9.59. The minimum atomic E-state index is -0.284. The molecule has 2 N–H and O–H groups in total. The molecule has 4 nitrogen and oxygen atoms in total. The lowest BCUT2D eigenvalue weighted by molar-refractivity contribution is 0.146. The Labute approximate surface area is 90.8 Å². The van der Waals surface area contributed by atoms with Gasteiger partial charge < -0.3 is 10.4 Å². The van der Waals surface area contributed by atoms with Gasteiger partial charge in [0.1, 0.15) is 5.82 Å². The third-order valence-electron chi connectivity index (χ3n) is 2.03. The van der Waals surface area contributed by atoms with Gasteiger partial charge in [-0.25, -0.2) is 9.97 Å². The highest BCUT2D eigenvalue weighted by Crippen LogP contribution is 2.03. The first kappa shape index (κ1) is 12.1. The Morgan fingerprint density at radius 3 is 2.60 bits per heavy atom. The molecule has 0 aliphatic rings. The van der Waals surface area contributed by atoms with Crippen LogP contribution in [0.25, 0.3) is 0 Å². The standard InChI is InChI=1S/C11H19N3O/c1-9(2)6-10(15)7-12-8-11-13-4-3-5-14-11/h3-5,9-10,12,15H,6-8H2,1-2H3. The number of hydrogen-bond donors (Lipinski definition) is 2. The van der Waals surface area contributed by atoms with Crippen LogP contribution in [-0.4, -0.2) is 27.7 Å². The van der Waals surface area contributed by atoms with Gasteiger partial charge in [0.2, 0.25) is 0 Å². The summed E-state index contributed by atoms with van der Waals surface area (Å²) in [6.07, 6.45) is 3.97. The number of hydrogen-bond acceptors (Lipinski definition) is 4. The van der Waals surface area contributed by atoms with Crippen molar-refractivity contribution >= 4 is 0 Å². The van der Waals surface area contributed by atoms with E-state index < -0.39 is 0 Å². The van der Waals surface area contributed by atoms with Gasteiger partial charge in [-0.2, -0.15) is 0 Å². The topological polar surface area (TPSA) is 58.0 Å². The number of rotatable bonds is 6. The first-order valence-corrected chi connectivity index (χ1v) is 5.33. The van der Waals surface area contributed by atoms with Crippen LogP contribution in [0.5, 0.6) is 0 Å². The van der Waals surface area contributed by atoms with Crippen molar-refractivity contribution in [3.63, 3.8) is 0 Å². The van der Waals surface area contributed by atoms with E-state index in [1.54, 1.807) is 18.5 Å². The maximum Gasteiger partial charge on any atom is 0.141 e. The van der Waals surface area contributed by atoms with E-state index in [9.17, 15) is 5.11 Å². The van der Waals surface area contributed by atoms with Crippen LogP contribution in [-0.2, 0) is 6.54 Å². The fraction of sp³-hybridized carbons (Fsp3) is 0.636. The van der Waals surface area contributed by atoms with Gasteiger partial charge in [0.25, 0.3) is 0 Å². The van der Waals surface area contributed by atoms with Gasteiger partial charge in [-0.3, -0.25) is 0 Å². The van der Waals surface area contributed by atoms with Gasteiger partial charge >= 0.3 is 0 Å². The van der Waals surface area contributed by atoms with E-state index in [0.29, 0.717) is 19.0 Å². The molecule has 0 aliphatic heterocycles. The number of aliphatic hydroxyl groups excluding tert-OH is 1. The summed E-state index contributed by atoms with van der Waals surface area (Å²) in [4.78, 5) is 8.16. The van der Waals surface area contributed by atoms with E-state index in [1.807, 2.05) is 0 Å². The summed E-state index contributed by atoms with van der Waals surface area (Å²) < 4.78 is 0. The van der Waals surface area contributed by atoms with Crippen LogP contribution < -0.4 is 5.32 Å². The van der Waals surface area contributed by atoms with Gasteiger partial charge in [0.15, 0.2) is 0 Å². The average molecular weight is 209 g/mol. The normalized spacial score (nSPS) is 13.1. The SMILES string of the molecule is CC(C)CC(O)CNCc1ncccn1. The van der Waals surface area contributed by atoms with Crippen molar-refractivity contribution in [3.8, 4) is 0 Å². The van der Waals surface area contributed by atoms with Crippen LogP contribution in [0.1, 0.15) is 26.1 Å². The molecule has 15 heavy (non-hydrogen) atoms. The zero-order chi connectivity index (χ0) is 11.1. The van der Waals surface area contributed by atoms with Crippen molar-refractivity contribution < 1.29 is 5.11 Å². The highest BCUT2D eigenvalue weighted by Gasteiger charge is 2.06. The maximum atomic E-state index is 9.59. The summed E-state index contributed by atoms with van der Waals surface area (Å²) in [6, 6.07) is 1.79. The molecule has 84 valence electrons. The molecule has 0 saturated carbocycles. The van der Waals surface area contributed by atoms with E-state index in [0.717, 1.165) is 12.2 Å². The zero-order valence-electron chi connectivity index (χ0n) is 9.35. The summed E-state index contributed by atoms with van der Waals surface area (Å²) in [5, 5.41) is 12.7. The average Bonchev–Trinajstić information content (AvgIpc) is 2.18. The smallest absolute Gasteiger partial charge is 0.141 e. The molecular formula is C11H19N3O. The Hall–Kier alpha value is -1.00. The summed E-state index contributed by atoms with van der Waals surface area (Å²) in [6.45, 7) is 5.40. The molecule has 0 amide bonds. The molecule has 1 heterocycles. The summed E-state index contributed by atoms with van der Waals surface area (Å²) in [7, 11) is 0. The van der Waals surface area contributed by atoms with Crippen LogP contribution in [0, 0.1) is 5.92 Å². The van der Waals surface area contributed by atoms with E-state index >= 15 is 0 Å². The molecule has 1 atom stereocenters. The third-order valence-corrected chi connectivity index (χ3v) is 2.03. The zero-order valence-corrected chi connectivity index (χ0v) is 9.35. The van der Waals surface area contributed by atoms with Crippen molar-refractivity contribution in [2.75, 3.05) is 6.54 Å². The first-order chi connectivity index (χ1) is 7.18. The van der Waals surface area contributed by atoms with E-state index in [1.165, 1.54) is 0 Å². The predicted octanol–water partition coefficient (Wildman–Crippen LogP) is 0.973. The van der Waals surface area contributed by atoms with Crippen LogP contribution >= 0.6 is 0 Å². The fourth-order valence-electron chi connectivity index (χ4n) is 1.40. The molecule has 1 rings (SSSR count). The molecule has 1 unspecified atom stereocenters. The Kier molecular flexibility index (Phi) is 5.21. The van der Waals surface area contributed by atoms with Gasteiger partial charge in [-0.1, -0.05) is 13.8 Å². The summed E-state index contributed by atoms with van der Waals surface area (Å²) in [5.41, 5.74) is 0. The summed E-state index contributed by atoms with van der Waals surface area (Å²) in [5.74, 6) is 1.28. The van der Waals surface area contributed by atoms with E-state index in [-0.39, 0.29) is 6.10 Å². The second kappa shape index (κ2) is 6.48. The molecule has 1 aromatic rings. The van der Waals surface area contributed by atoms with Gasteiger partial charge in [0.05, 0.1) is 12.6 Å². The quantitative estimate of drug-likeness (QED) is 0.733. The number of nitrogens with zero attached hydrogens (tertiary/aromatic N) is 2. The molecule has 0 spiro atoms. The van der Waals surface area contributed by atoms with Gasteiger partial charge in [-0.15, -0.1) is 0 Å². The predicted molar refractivity (Wildman–Crippen MR) is 59.2 cm³/mol. The van der Waals surface area contributed by atoms with Gasteiger partial charge in [0, 0.05) is 18.9 Å². The van der Waals surface area contributed by atoms with Gasteiger partial charge in [-0.05, 0) is 18.4 Å². The lowest BCUT2D eigenvalue weighted by Gasteiger charge is -2.13. The Bertz CT molecular complexity index is 264. The highest BCUT2D eigenvalue weighted by atomic mass is 16.3. The Balaban J connectivity index is 2.16. The van der Waals surface area contributed by atoms with Crippen LogP contribution in [0.2, 0.25) is 0 Å². The number of nitrogens with one attached hydrogen (secondary N) is 1. The molecular weight excluding hydrogens is 190 g/mol. The fourth-order valence-corrected chi connectivity index (χ4v) is 1.40. The molecule has 0 aromatic carbocycles. The summed E-state index contributed by atoms with van der Waals surface area (Å²) >= 11 is 0. The van der Waals surface area contributed by atoms with E-state index in [4.69, 9.17) is 0 Å². The second-order valence-corrected chi connectivity index (χ2v) is 4.08. The lowest BCUT2D eigenvalue weighted by Crippen LogP contribution is -2.28. The minimum absolute atomic E-state index is 0.284. The molecule has 4 heteroatoms. The second-order valence-electron chi connectivity index (χ2n) is 4.08. The Morgan fingerprint density at radius 1 is 1.33 bits per heavy atom. The molecule has 0 saturated heterocycles. The van der Waals surface area contributed by atoms with Crippen LogP contribution in [0.15, 0.2) is 18.5 Å². The minimum Gasteiger partial charge on any atom is -0.392 e. The number of aromatic nitrogens is 2. The van der Waals surface area contributed by atoms with Crippen LogP contribution in [0.3, 0.4) is 0 Å². The molecule has 1 aromatic heterocycles. The Morgan fingerprint density at radius 2 is 2.00 bits per heavy atom. The van der Waals surface area contributed by atoms with Crippen molar-refractivity contribution in [2.45, 2.75) is 32.9 Å². The van der Waals surface area contributed by atoms with Crippen molar-refractivity contribution in [1.82, 2.24) is 15.3 Å². The van der Waals surface area contributed by atoms with Crippen molar-refractivity contribution in [3.05, 3.63) is 24.3 Å². The molecule has 0 radical (unpaired) electrons. The molecule has 0 aliphatic carbocycles. The van der Waals surface area contributed by atoms with Crippen LogP contribution in [0.4, 0.5) is 0 Å². The largest absolute Gasteiger partial charge is 0.392 e. The molecule has 0 fully saturated rings. The first-order valence-electron chi connectivity index (χ1n) is 5.33. The van der Waals surface area contributed by atoms with E-state index in [2.05, 4.69) is 29.1 Å². The monoisotopic (exact) mass is 209 g/mol. The molecule has 0 bridgehead atoms. The highest BCUT2D eigenvalue weighted by molar-refractivity contribution is 4.87.